The van der Waals surface area contributed by atoms with Crippen molar-refractivity contribution in [3.63, 3.8) is 0 Å². The number of nitrogens with one attached hydrogen (secondary N) is 1. The normalized spacial score (nSPS) is 18.4. The fourth-order valence-electron chi connectivity index (χ4n) is 4.29. The summed E-state index contributed by atoms with van der Waals surface area (Å²) < 4.78 is 0. The first-order valence-corrected chi connectivity index (χ1v) is 11.3. The highest BCUT2D eigenvalue weighted by Crippen LogP contribution is 2.29. The minimum atomic E-state index is -1.02. The van der Waals surface area contributed by atoms with Crippen molar-refractivity contribution in [3.8, 4) is 0 Å². The van der Waals surface area contributed by atoms with Gasteiger partial charge < -0.3 is 20.0 Å². The number of carbonyl (C=O) groups excluding carboxylic acids is 3. The molecule has 2 saturated heterocycles. The summed E-state index contributed by atoms with van der Waals surface area (Å²) >= 11 is 6.12. The molecule has 2 aromatic rings. The summed E-state index contributed by atoms with van der Waals surface area (Å²) in [6.07, 6.45) is -0.171. The first-order chi connectivity index (χ1) is 16.4. The number of nitrogens with zero attached hydrogens (tertiary/aromatic N) is 4. The second kappa shape index (κ2) is 10.1. The highest BCUT2D eigenvalue weighted by molar-refractivity contribution is 6.35. The van der Waals surface area contributed by atoms with Crippen LogP contribution in [0, 0.1) is 10.1 Å². The van der Waals surface area contributed by atoms with E-state index in [1.165, 1.54) is 23.1 Å². The number of para-hydroxylation sites is 1. The number of amides is 3. The molecule has 0 bridgehead atoms. The number of piperazine rings is 2. The van der Waals surface area contributed by atoms with Crippen LogP contribution in [0.15, 0.2) is 48.5 Å². The van der Waals surface area contributed by atoms with Gasteiger partial charge in [0.1, 0.15) is 11.1 Å². The Morgan fingerprint density at radius 3 is 2.41 bits per heavy atom. The standard InChI is InChI=1S/C23H24ClN5O5/c24-21-17(7-4-8-18(21)29(33)34)23(32)28-10-9-25-22(31)19(28)15-20(30)27-13-11-26(12-14-27)16-5-2-1-3-6-16/h1-8,19H,9-15H2,(H,25,31)/t19-/m1/s1. The average molecular weight is 486 g/mol. The van der Waals surface area contributed by atoms with Crippen molar-refractivity contribution in [1.29, 1.82) is 0 Å². The molecule has 34 heavy (non-hydrogen) atoms. The van der Waals surface area contributed by atoms with Crippen molar-refractivity contribution in [2.75, 3.05) is 44.2 Å². The van der Waals surface area contributed by atoms with Gasteiger partial charge in [-0.15, -0.1) is 0 Å². The van der Waals surface area contributed by atoms with Gasteiger partial charge in [-0.1, -0.05) is 35.9 Å². The third-order valence-corrected chi connectivity index (χ3v) is 6.52. The molecule has 4 rings (SSSR count). The molecule has 0 aromatic heterocycles. The van der Waals surface area contributed by atoms with Gasteiger partial charge in [-0.05, 0) is 18.2 Å². The number of carbonyl (C=O) groups is 3. The van der Waals surface area contributed by atoms with E-state index in [2.05, 4.69) is 10.2 Å². The van der Waals surface area contributed by atoms with E-state index in [9.17, 15) is 24.5 Å². The van der Waals surface area contributed by atoms with Crippen LogP contribution < -0.4 is 10.2 Å². The Morgan fingerprint density at radius 1 is 1.03 bits per heavy atom. The van der Waals surface area contributed by atoms with E-state index >= 15 is 0 Å². The minimum absolute atomic E-state index is 0.0699. The third-order valence-electron chi connectivity index (χ3n) is 6.12. The van der Waals surface area contributed by atoms with E-state index in [1.54, 1.807) is 4.90 Å². The Morgan fingerprint density at radius 2 is 1.74 bits per heavy atom. The van der Waals surface area contributed by atoms with Crippen molar-refractivity contribution >= 4 is 40.7 Å². The van der Waals surface area contributed by atoms with Gasteiger partial charge in [-0.25, -0.2) is 0 Å². The van der Waals surface area contributed by atoms with Crippen LogP contribution in [0.25, 0.3) is 0 Å². The number of benzene rings is 2. The Balaban J connectivity index is 1.45. The molecule has 2 aromatic carbocycles. The lowest BCUT2D eigenvalue weighted by atomic mass is 10.0. The fourth-order valence-corrected chi connectivity index (χ4v) is 4.56. The smallest absolute Gasteiger partial charge is 0.288 e. The van der Waals surface area contributed by atoms with Crippen LogP contribution in [-0.4, -0.2) is 77.8 Å². The quantitative estimate of drug-likeness (QED) is 0.511. The van der Waals surface area contributed by atoms with Gasteiger partial charge in [0.2, 0.25) is 11.8 Å². The summed E-state index contributed by atoms with van der Waals surface area (Å²) in [6.45, 7) is 2.73. The molecule has 2 fully saturated rings. The Hall–Kier alpha value is -3.66. The number of nitro groups is 1. The maximum atomic E-state index is 13.2. The van der Waals surface area contributed by atoms with E-state index in [0.29, 0.717) is 26.2 Å². The number of rotatable bonds is 5. The summed E-state index contributed by atoms with van der Waals surface area (Å²) in [4.78, 5) is 54.6. The zero-order valence-corrected chi connectivity index (χ0v) is 19.1. The monoisotopic (exact) mass is 485 g/mol. The van der Waals surface area contributed by atoms with Crippen LogP contribution in [0.4, 0.5) is 11.4 Å². The largest absolute Gasteiger partial charge is 0.368 e. The van der Waals surface area contributed by atoms with E-state index in [0.717, 1.165) is 5.69 Å². The maximum Gasteiger partial charge on any atom is 0.288 e. The number of anilines is 1. The second-order valence-corrected chi connectivity index (χ2v) is 8.49. The van der Waals surface area contributed by atoms with Crippen LogP contribution >= 0.6 is 11.6 Å². The van der Waals surface area contributed by atoms with Crippen molar-refractivity contribution in [2.45, 2.75) is 12.5 Å². The van der Waals surface area contributed by atoms with Gasteiger partial charge in [-0.2, -0.15) is 0 Å². The summed E-state index contributed by atoms with van der Waals surface area (Å²) in [5.41, 5.74) is 0.629. The van der Waals surface area contributed by atoms with E-state index < -0.39 is 28.5 Å². The molecule has 1 N–H and O–H groups in total. The SMILES string of the molecule is O=C1NCCN(C(=O)c2cccc([N+](=O)[O-])c2Cl)[C@@H]1CC(=O)N1CCN(c2ccccc2)CC1. The molecule has 0 spiro atoms. The predicted octanol–water partition coefficient (Wildman–Crippen LogP) is 1.93. The molecule has 178 valence electrons. The summed E-state index contributed by atoms with van der Waals surface area (Å²) in [6, 6.07) is 12.9. The minimum Gasteiger partial charge on any atom is -0.368 e. The zero-order chi connectivity index (χ0) is 24.2. The highest BCUT2D eigenvalue weighted by atomic mass is 35.5. The molecular weight excluding hydrogens is 462 g/mol. The van der Waals surface area contributed by atoms with Crippen molar-refractivity contribution in [2.24, 2.45) is 0 Å². The van der Waals surface area contributed by atoms with E-state index in [1.807, 2.05) is 30.3 Å². The fraction of sp³-hybridized carbons (Fsp3) is 0.348. The molecule has 0 saturated carbocycles. The average Bonchev–Trinajstić information content (AvgIpc) is 2.85. The van der Waals surface area contributed by atoms with Gasteiger partial charge >= 0.3 is 0 Å². The molecule has 2 aliphatic rings. The van der Waals surface area contributed by atoms with Crippen LogP contribution in [-0.2, 0) is 9.59 Å². The predicted molar refractivity (Wildman–Crippen MR) is 126 cm³/mol. The summed E-state index contributed by atoms with van der Waals surface area (Å²) in [5, 5.41) is 13.6. The molecule has 11 heteroatoms. The van der Waals surface area contributed by atoms with E-state index in [-0.39, 0.29) is 36.0 Å². The number of hydrogen-bond donors (Lipinski definition) is 1. The third kappa shape index (κ3) is 4.81. The highest BCUT2D eigenvalue weighted by Gasteiger charge is 2.37. The van der Waals surface area contributed by atoms with Crippen LogP contribution in [0.2, 0.25) is 5.02 Å². The lowest BCUT2D eigenvalue weighted by Gasteiger charge is -2.39. The van der Waals surface area contributed by atoms with Crippen molar-refractivity contribution < 1.29 is 19.3 Å². The number of halogens is 1. The molecule has 2 heterocycles. The number of hydrogen-bond acceptors (Lipinski definition) is 6. The van der Waals surface area contributed by atoms with E-state index in [4.69, 9.17) is 11.6 Å². The Bertz CT molecular complexity index is 1100. The van der Waals surface area contributed by atoms with Crippen LogP contribution in [0.5, 0.6) is 0 Å². The Labute approximate surface area is 201 Å². The van der Waals surface area contributed by atoms with Gasteiger partial charge in [0.15, 0.2) is 0 Å². The zero-order valence-electron chi connectivity index (χ0n) is 18.4. The molecule has 2 aliphatic heterocycles. The van der Waals surface area contributed by atoms with Crippen LogP contribution in [0.3, 0.4) is 0 Å². The van der Waals surface area contributed by atoms with Crippen LogP contribution in [0.1, 0.15) is 16.8 Å². The first kappa shape index (κ1) is 23.5. The lowest BCUT2D eigenvalue weighted by molar-refractivity contribution is -0.384. The second-order valence-electron chi connectivity index (χ2n) is 8.11. The maximum absolute atomic E-state index is 13.2. The van der Waals surface area contributed by atoms with Crippen molar-refractivity contribution in [3.05, 3.63) is 69.2 Å². The van der Waals surface area contributed by atoms with Gasteiger partial charge in [-0.3, -0.25) is 24.5 Å². The molecule has 0 aliphatic carbocycles. The topological polar surface area (TPSA) is 116 Å². The molecule has 1 atom stereocenters. The summed E-state index contributed by atoms with van der Waals surface area (Å²) in [7, 11) is 0. The molecule has 10 nitrogen and oxygen atoms in total. The molecule has 0 unspecified atom stereocenters. The van der Waals surface area contributed by atoms with Gasteiger partial charge in [0.05, 0.1) is 16.9 Å². The first-order valence-electron chi connectivity index (χ1n) is 11.0. The van der Waals surface area contributed by atoms with Gasteiger partial charge in [0.25, 0.3) is 11.6 Å². The Kier molecular flexibility index (Phi) is 6.97. The summed E-state index contributed by atoms with van der Waals surface area (Å²) in [5.74, 6) is -1.27. The molecule has 3 amide bonds. The molecular formula is C23H24ClN5O5. The van der Waals surface area contributed by atoms with Crippen molar-refractivity contribution in [1.82, 2.24) is 15.1 Å². The molecule has 0 radical (unpaired) electrons. The number of nitro benzene ring substituents is 1. The van der Waals surface area contributed by atoms with Gasteiger partial charge in [0, 0.05) is 51.0 Å². The lowest BCUT2D eigenvalue weighted by Crippen LogP contribution is -2.59.